The van der Waals surface area contributed by atoms with E-state index in [0.717, 1.165) is 48.6 Å². The highest BCUT2D eigenvalue weighted by molar-refractivity contribution is 5.66. The maximum atomic E-state index is 13.5. The molecular weight excluding hydrogens is 391 g/mol. The van der Waals surface area contributed by atoms with Crippen molar-refractivity contribution in [1.82, 2.24) is 24.6 Å². The summed E-state index contributed by atoms with van der Waals surface area (Å²) in [4.78, 5) is 14.0. The summed E-state index contributed by atoms with van der Waals surface area (Å²) in [6, 6.07) is 6.81. The molecule has 0 aliphatic carbocycles. The minimum absolute atomic E-state index is 0.180. The molecule has 4 rings (SSSR count). The zero-order valence-electron chi connectivity index (χ0n) is 18.8. The first-order chi connectivity index (χ1) is 15.0. The number of piperidine rings is 1. The molecule has 1 atom stereocenters. The van der Waals surface area contributed by atoms with Gasteiger partial charge in [-0.1, -0.05) is 18.6 Å². The molecule has 164 valence electrons. The Labute approximate surface area is 183 Å². The molecule has 1 fully saturated rings. The van der Waals surface area contributed by atoms with E-state index < -0.39 is 0 Å². The molecule has 7 heteroatoms. The maximum absolute atomic E-state index is 13.5. The Morgan fingerprint density at radius 1 is 1.16 bits per heavy atom. The van der Waals surface area contributed by atoms with Crippen LogP contribution in [0.15, 0.2) is 36.7 Å². The molecule has 1 aliphatic rings. The number of hydrogen-bond donors (Lipinski definition) is 0. The normalized spacial score (nSPS) is 17.1. The highest BCUT2D eigenvalue weighted by Gasteiger charge is 2.29. The monoisotopic (exact) mass is 422 g/mol. The Bertz CT molecular complexity index is 1030. The quantitative estimate of drug-likeness (QED) is 0.581. The third kappa shape index (κ3) is 4.61. The summed E-state index contributed by atoms with van der Waals surface area (Å²) in [5.41, 5.74) is 5.29. The summed E-state index contributed by atoms with van der Waals surface area (Å²) in [6.45, 7) is 6.93. The number of likely N-dealkylation sites (tertiary alicyclic amines) is 1. The van der Waals surface area contributed by atoms with Crippen molar-refractivity contribution in [2.24, 2.45) is 0 Å². The van der Waals surface area contributed by atoms with Crippen LogP contribution in [0.4, 0.5) is 10.3 Å². The van der Waals surface area contributed by atoms with Crippen molar-refractivity contribution < 1.29 is 4.39 Å². The van der Waals surface area contributed by atoms with E-state index in [4.69, 9.17) is 4.98 Å². The van der Waals surface area contributed by atoms with Crippen LogP contribution in [0.5, 0.6) is 0 Å². The molecule has 6 nitrogen and oxygen atoms in total. The second kappa shape index (κ2) is 9.14. The second-order valence-corrected chi connectivity index (χ2v) is 8.45. The molecule has 0 N–H and O–H groups in total. The van der Waals surface area contributed by atoms with Crippen molar-refractivity contribution in [2.45, 2.75) is 52.2 Å². The highest BCUT2D eigenvalue weighted by Crippen LogP contribution is 2.37. The average Bonchev–Trinajstić information content (AvgIpc) is 3.14. The van der Waals surface area contributed by atoms with Crippen LogP contribution in [-0.2, 0) is 13.1 Å². The third-order valence-electron chi connectivity index (χ3n) is 6.04. The fourth-order valence-corrected chi connectivity index (χ4v) is 4.29. The zero-order chi connectivity index (χ0) is 22.0. The number of anilines is 1. The van der Waals surface area contributed by atoms with Gasteiger partial charge in [0.15, 0.2) is 0 Å². The fourth-order valence-electron chi connectivity index (χ4n) is 4.29. The van der Waals surface area contributed by atoms with Crippen molar-refractivity contribution in [2.75, 3.05) is 25.5 Å². The van der Waals surface area contributed by atoms with Gasteiger partial charge >= 0.3 is 0 Å². The minimum Gasteiger partial charge on any atom is -0.347 e. The number of aromatic nitrogens is 4. The summed E-state index contributed by atoms with van der Waals surface area (Å²) in [7, 11) is 3.91. The summed E-state index contributed by atoms with van der Waals surface area (Å²) in [5, 5.41) is 4.63. The van der Waals surface area contributed by atoms with E-state index in [1.165, 1.54) is 30.5 Å². The van der Waals surface area contributed by atoms with Gasteiger partial charge in [-0.25, -0.2) is 14.4 Å². The van der Waals surface area contributed by atoms with E-state index in [1.807, 2.05) is 42.0 Å². The van der Waals surface area contributed by atoms with E-state index in [0.29, 0.717) is 5.95 Å². The highest BCUT2D eigenvalue weighted by atomic mass is 19.1. The second-order valence-electron chi connectivity index (χ2n) is 8.45. The molecule has 1 saturated heterocycles. The van der Waals surface area contributed by atoms with Crippen LogP contribution in [0.3, 0.4) is 0 Å². The van der Waals surface area contributed by atoms with Gasteiger partial charge in [-0.2, -0.15) is 5.10 Å². The van der Waals surface area contributed by atoms with Gasteiger partial charge in [0.25, 0.3) is 0 Å². The van der Waals surface area contributed by atoms with Crippen LogP contribution >= 0.6 is 0 Å². The van der Waals surface area contributed by atoms with Crippen molar-refractivity contribution in [3.63, 3.8) is 0 Å². The Morgan fingerprint density at radius 2 is 1.94 bits per heavy atom. The first-order valence-electron chi connectivity index (χ1n) is 11.0. The molecule has 1 aliphatic heterocycles. The molecule has 3 heterocycles. The molecule has 0 radical (unpaired) electrons. The molecule has 0 spiro atoms. The standard InChI is InChI=1S/C24H31FN6/c1-5-31-16-19(17(2)28-31)15-30-13-7-6-8-22(30)23-21(14-26-24(27-23)29(3)4)18-9-11-20(25)12-10-18/h9-12,14,16,22H,5-8,13,15H2,1-4H3/t22-/m0/s1. The number of hydrogen-bond acceptors (Lipinski definition) is 5. The molecule has 0 bridgehead atoms. The van der Waals surface area contributed by atoms with Gasteiger partial charge in [-0.05, 0) is 50.9 Å². The Hall–Kier alpha value is -2.80. The summed E-state index contributed by atoms with van der Waals surface area (Å²) in [6.07, 6.45) is 7.43. The van der Waals surface area contributed by atoms with Gasteiger partial charge in [0.1, 0.15) is 5.82 Å². The number of rotatable bonds is 6. The smallest absolute Gasteiger partial charge is 0.225 e. The van der Waals surface area contributed by atoms with Crippen LogP contribution in [0, 0.1) is 12.7 Å². The lowest BCUT2D eigenvalue weighted by molar-refractivity contribution is 0.137. The van der Waals surface area contributed by atoms with Crippen LogP contribution < -0.4 is 4.90 Å². The molecule has 31 heavy (non-hydrogen) atoms. The maximum Gasteiger partial charge on any atom is 0.225 e. The number of benzene rings is 1. The SMILES string of the molecule is CCn1cc(CN2CCCC[C@H]2c2nc(N(C)C)ncc2-c2ccc(F)cc2)c(C)n1. The molecule has 0 amide bonds. The third-order valence-corrected chi connectivity index (χ3v) is 6.04. The van der Waals surface area contributed by atoms with E-state index in [2.05, 4.69) is 35.0 Å². The molecular formula is C24H31FN6. The van der Waals surface area contributed by atoms with E-state index in [9.17, 15) is 4.39 Å². The van der Waals surface area contributed by atoms with Crippen molar-refractivity contribution in [3.8, 4) is 11.1 Å². The van der Waals surface area contributed by atoms with E-state index >= 15 is 0 Å². The number of aryl methyl sites for hydroxylation is 2. The summed E-state index contributed by atoms with van der Waals surface area (Å²) < 4.78 is 15.5. The predicted molar refractivity (Wildman–Crippen MR) is 121 cm³/mol. The van der Waals surface area contributed by atoms with Crippen molar-refractivity contribution in [3.05, 3.63) is 59.4 Å². The van der Waals surface area contributed by atoms with E-state index in [-0.39, 0.29) is 11.9 Å². The van der Waals surface area contributed by atoms with Gasteiger partial charge in [0, 0.05) is 50.7 Å². The van der Waals surface area contributed by atoms with Crippen LogP contribution in [0.2, 0.25) is 0 Å². The Kier molecular flexibility index (Phi) is 6.32. The van der Waals surface area contributed by atoms with Gasteiger partial charge in [0.05, 0.1) is 17.4 Å². The molecule has 3 aromatic rings. The van der Waals surface area contributed by atoms with Crippen LogP contribution in [0.1, 0.15) is 49.2 Å². The van der Waals surface area contributed by atoms with Crippen LogP contribution in [-0.4, -0.2) is 45.3 Å². The molecule has 1 aromatic carbocycles. The van der Waals surface area contributed by atoms with Gasteiger partial charge < -0.3 is 4.90 Å². The predicted octanol–water partition coefficient (Wildman–Crippen LogP) is 4.60. The minimum atomic E-state index is -0.237. The summed E-state index contributed by atoms with van der Waals surface area (Å²) in [5.74, 6) is 0.459. The summed E-state index contributed by atoms with van der Waals surface area (Å²) >= 11 is 0. The van der Waals surface area contributed by atoms with Gasteiger partial charge in [-0.15, -0.1) is 0 Å². The first kappa shape index (κ1) is 21.4. The topological polar surface area (TPSA) is 50.1 Å². The lowest BCUT2D eigenvalue weighted by Gasteiger charge is -2.36. The largest absolute Gasteiger partial charge is 0.347 e. The number of halogens is 1. The van der Waals surface area contributed by atoms with Crippen molar-refractivity contribution in [1.29, 1.82) is 0 Å². The lowest BCUT2D eigenvalue weighted by atomic mass is 9.93. The molecule has 2 aromatic heterocycles. The Morgan fingerprint density at radius 3 is 2.61 bits per heavy atom. The Balaban J connectivity index is 1.74. The van der Waals surface area contributed by atoms with Crippen molar-refractivity contribution >= 4 is 5.95 Å². The van der Waals surface area contributed by atoms with Gasteiger partial charge in [0.2, 0.25) is 5.95 Å². The number of nitrogens with zero attached hydrogens (tertiary/aromatic N) is 6. The van der Waals surface area contributed by atoms with Crippen LogP contribution in [0.25, 0.3) is 11.1 Å². The fraction of sp³-hybridized carbons (Fsp3) is 0.458. The zero-order valence-corrected chi connectivity index (χ0v) is 18.8. The first-order valence-corrected chi connectivity index (χ1v) is 11.0. The lowest BCUT2D eigenvalue weighted by Crippen LogP contribution is -2.34. The van der Waals surface area contributed by atoms with E-state index in [1.54, 1.807) is 0 Å². The molecule has 0 saturated carbocycles. The molecule has 0 unspecified atom stereocenters. The average molecular weight is 423 g/mol. The van der Waals surface area contributed by atoms with Gasteiger partial charge in [-0.3, -0.25) is 9.58 Å².